The number of nitrogens with one attached hydrogen (secondary N) is 2. The van der Waals surface area contributed by atoms with Crippen LogP contribution in [0.3, 0.4) is 0 Å². The molecule has 0 spiro atoms. The van der Waals surface area contributed by atoms with Crippen LogP contribution in [0.15, 0.2) is 53.4 Å². The van der Waals surface area contributed by atoms with Crippen LogP contribution >= 0.6 is 12.4 Å². The van der Waals surface area contributed by atoms with Gasteiger partial charge < -0.3 is 16.2 Å². The lowest BCUT2D eigenvalue weighted by atomic mass is 10.0. The molecule has 2 aromatic carbocycles. The van der Waals surface area contributed by atoms with Crippen molar-refractivity contribution in [1.29, 1.82) is 0 Å². The van der Waals surface area contributed by atoms with Gasteiger partial charge in [-0.2, -0.15) is 0 Å². The Kier molecular flexibility index (Phi) is 8.29. The normalized spacial score (nSPS) is 10.9. The summed E-state index contributed by atoms with van der Waals surface area (Å²) in [7, 11) is -3.91. The van der Waals surface area contributed by atoms with E-state index >= 15 is 0 Å². The van der Waals surface area contributed by atoms with Crippen molar-refractivity contribution in [3.63, 3.8) is 0 Å². The van der Waals surface area contributed by atoms with Crippen LogP contribution in [0.2, 0.25) is 0 Å². The van der Waals surface area contributed by atoms with E-state index < -0.39 is 10.0 Å². The van der Waals surface area contributed by atoms with Crippen molar-refractivity contribution in [3.05, 3.63) is 76.5 Å². The molecular formula is C23H27ClN4O4S. The Morgan fingerprint density at radius 1 is 1.03 bits per heavy atom. The predicted molar refractivity (Wildman–Crippen MR) is 131 cm³/mol. The van der Waals surface area contributed by atoms with Gasteiger partial charge in [0.1, 0.15) is 11.6 Å². The fourth-order valence-electron chi connectivity index (χ4n) is 3.31. The first kappa shape index (κ1) is 26.0. The lowest BCUT2D eigenvalue weighted by molar-refractivity contribution is -0.120. The number of halogens is 1. The van der Waals surface area contributed by atoms with Gasteiger partial charge in [0, 0.05) is 17.8 Å². The highest BCUT2D eigenvalue weighted by molar-refractivity contribution is 7.92. The molecule has 0 radical (unpaired) electrons. The molecule has 0 aliphatic rings. The van der Waals surface area contributed by atoms with Crippen LogP contribution < -0.4 is 15.8 Å². The molecule has 0 atom stereocenters. The fraction of sp³-hybridized carbons (Fsp3) is 0.217. The Morgan fingerprint density at radius 2 is 1.73 bits per heavy atom. The smallest absolute Gasteiger partial charge is 0.262 e. The van der Waals surface area contributed by atoms with Gasteiger partial charge >= 0.3 is 0 Å². The summed E-state index contributed by atoms with van der Waals surface area (Å²) >= 11 is 0. The number of carbonyl (C=O) groups is 1. The number of phenols is 1. The highest BCUT2D eigenvalue weighted by Crippen LogP contribution is 2.32. The molecule has 3 aromatic rings. The van der Waals surface area contributed by atoms with Crippen molar-refractivity contribution in [2.24, 2.45) is 0 Å². The molecule has 10 heteroatoms. The highest BCUT2D eigenvalue weighted by Gasteiger charge is 2.21. The molecule has 1 heterocycles. The molecule has 0 saturated heterocycles. The Hall–Kier alpha value is -3.30. The van der Waals surface area contributed by atoms with Crippen LogP contribution in [0, 0.1) is 20.8 Å². The lowest BCUT2D eigenvalue weighted by Crippen LogP contribution is -2.25. The second-order valence-corrected chi connectivity index (χ2v) is 9.21. The molecule has 5 N–H and O–H groups in total. The van der Waals surface area contributed by atoms with Gasteiger partial charge in [0.25, 0.3) is 10.0 Å². The summed E-state index contributed by atoms with van der Waals surface area (Å²) in [4.78, 5) is 16.8. The minimum Gasteiger partial charge on any atom is -0.505 e. The summed E-state index contributed by atoms with van der Waals surface area (Å²) in [5.74, 6) is -0.190. The lowest BCUT2D eigenvalue weighted by Gasteiger charge is -2.15. The van der Waals surface area contributed by atoms with E-state index in [4.69, 9.17) is 5.73 Å². The van der Waals surface area contributed by atoms with Gasteiger partial charge in [0.15, 0.2) is 0 Å². The largest absolute Gasteiger partial charge is 0.505 e. The number of nitrogen functional groups attached to an aromatic ring is 1. The quantitative estimate of drug-likeness (QED) is 0.375. The maximum atomic E-state index is 12.8. The maximum Gasteiger partial charge on any atom is 0.262 e. The molecule has 1 aromatic heterocycles. The van der Waals surface area contributed by atoms with Crippen LogP contribution in [-0.4, -0.2) is 24.4 Å². The number of amides is 1. The van der Waals surface area contributed by atoms with Gasteiger partial charge in [-0.15, -0.1) is 12.4 Å². The first-order valence-corrected chi connectivity index (χ1v) is 11.5. The number of aromatic nitrogens is 1. The third-order valence-corrected chi connectivity index (χ3v) is 6.70. The second-order valence-electron chi connectivity index (χ2n) is 7.56. The zero-order valence-corrected chi connectivity index (χ0v) is 20.2. The molecule has 176 valence electrons. The molecule has 1 amide bonds. The third kappa shape index (κ3) is 6.15. The number of hydrogen-bond donors (Lipinski definition) is 4. The topological polar surface area (TPSA) is 134 Å². The van der Waals surface area contributed by atoms with Crippen LogP contribution in [0.5, 0.6) is 5.75 Å². The number of hydrogen-bond acceptors (Lipinski definition) is 6. The van der Waals surface area contributed by atoms with E-state index in [1.807, 2.05) is 0 Å². The van der Waals surface area contributed by atoms with Crippen LogP contribution in [-0.2, 0) is 27.8 Å². The molecular weight excluding hydrogens is 464 g/mol. The summed E-state index contributed by atoms with van der Waals surface area (Å²) in [6, 6.07) is 13.2. The number of aryl methyl sites for hydroxylation is 3. The van der Waals surface area contributed by atoms with Crippen molar-refractivity contribution < 1.29 is 18.3 Å². The monoisotopic (exact) mass is 490 g/mol. The standard InChI is InChI=1S/C23H26N4O4S.ClH/c1-14-8-10-19(27-32(30,31)20-7-5-4-6-15(20)2)23(29)18(14)12-22(28)25-13-17-9-11-21(24)26-16(17)3;/h4-11,27,29H,12-13H2,1-3H3,(H2,24,26)(H,25,28);1H. The molecule has 0 aliphatic carbocycles. The minimum absolute atomic E-state index is 0. The second kappa shape index (κ2) is 10.5. The number of carbonyl (C=O) groups excluding carboxylic acids is 1. The molecule has 0 saturated carbocycles. The number of phenolic OH excluding ortho intramolecular Hbond substituents is 1. The van der Waals surface area contributed by atoms with E-state index in [-0.39, 0.29) is 47.6 Å². The average Bonchev–Trinajstić information content (AvgIpc) is 2.72. The molecule has 0 fully saturated rings. The van der Waals surface area contributed by atoms with Gasteiger partial charge in [-0.05, 0) is 55.7 Å². The van der Waals surface area contributed by atoms with Crippen molar-refractivity contribution in [1.82, 2.24) is 10.3 Å². The summed E-state index contributed by atoms with van der Waals surface area (Å²) in [6.07, 6.45) is -0.112. The van der Waals surface area contributed by atoms with Gasteiger partial charge in [-0.25, -0.2) is 13.4 Å². The number of nitrogens with zero attached hydrogens (tertiary/aromatic N) is 1. The number of anilines is 2. The Balaban J connectivity index is 0.00000385. The van der Waals surface area contributed by atoms with E-state index in [2.05, 4.69) is 15.0 Å². The zero-order chi connectivity index (χ0) is 23.5. The Labute approximate surface area is 199 Å². The molecule has 0 aliphatic heterocycles. The number of pyridine rings is 1. The zero-order valence-electron chi connectivity index (χ0n) is 18.5. The predicted octanol–water partition coefficient (Wildman–Crippen LogP) is 3.38. The summed E-state index contributed by atoms with van der Waals surface area (Å²) in [5.41, 5.74) is 8.81. The number of aromatic hydroxyl groups is 1. The van der Waals surface area contributed by atoms with Gasteiger partial charge in [0.05, 0.1) is 17.0 Å². The number of rotatable bonds is 7. The SMILES string of the molecule is Cc1ccccc1S(=O)(=O)Nc1ccc(C)c(CC(=O)NCc2ccc(N)nc2C)c1O.Cl. The Bertz CT molecular complexity index is 1280. The van der Waals surface area contributed by atoms with E-state index in [1.165, 1.54) is 12.1 Å². The first-order chi connectivity index (χ1) is 15.1. The van der Waals surface area contributed by atoms with Crippen LogP contribution in [0.1, 0.15) is 27.9 Å². The average molecular weight is 491 g/mol. The van der Waals surface area contributed by atoms with E-state index in [0.717, 1.165) is 11.3 Å². The van der Waals surface area contributed by atoms with E-state index in [1.54, 1.807) is 57.2 Å². The van der Waals surface area contributed by atoms with Crippen molar-refractivity contribution in [2.75, 3.05) is 10.5 Å². The van der Waals surface area contributed by atoms with Gasteiger partial charge in [0.2, 0.25) is 5.91 Å². The summed E-state index contributed by atoms with van der Waals surface area (Å²) in [6.45, 7) is 5.50. The number of nitrogens with two attached hydrogens (primary N) is 1. The number of sulfonamides is 1. The van der Waals surface area contributed by atoms with E-state index in [0.29, 0.717) is 22.5 Å². The highest BCUT2D eigenvalue weighted by atomic mass is 35.5. The van der Waals surface area contributed by atoms with Gasteiger partial charge in [-0.3, -0.25) is 9.52 Å². The first-order valence-electron chi connectivity index (χ1n) is 9.97. The number of benzene rings is 2. The van der Waals surface area contributed by atoms with Crippen molar-refractivity contribution >= 4 is 39.8 Å². The minimum atomic E-state index is -3.91. The molecule has 33 heavy (non-hydrogen) atoms. The molecule has 0 unspecified atom stereocenters. The van der Waals surface area contributed by atoms with Crippen LogP contribution in [0.25, 0.3) is 0 Å². The third-order valence-electron chi connectivity index (χ3n) is 5.17. The molecule has 3 rings (SSSR count). The Morgan fingerprint density at radius 3 is 2.39 bits per heavy atom. The molecule has 0 bridgehead atoms. The molecule has 8 nitrogen and oxygen atoms in total. The maximum absolute atomic E-state index is 12.8. The van der Waals surface area contributed by atoms with Crippen LogP contribution in [0.4, 0.5) is 11.5 Å². The van der Waals surface area contributed by atoms with Gasteiger partial charge in [-0.1, -0.05) is 30.3 Å². The van der Waals surface area contributed by atoms with E-state index in [9.17, 15) is 18.3 Å². The fourth-order valence-corrected chi connectivity index (χ4v) is 4.63. The van der Waals surface area contributed by atoms with Crippen molar-refractivity contribution in [2.45, 2.75) is 38.6 Å². The summed E-state index contributed by atoms with van der Waals surface area (Å²) < 4.78 is 28.0. The summed E-state index contributed by atoms with van der Waals surface area (Å²) in [5, 5.41) is 13.5. The van der Waals surface area contributed by atoms with Crippen molar-refractivity contribution in [3.8, 4) is 5.75 Å².